The highest BCUT2D eigenvalue weighted by molar-refractivity contribution is 5.56. The summed E-state index contributed by atoms with van der Waals surface area (Å²) in [5.74, 6) is 1.73. The first kappa shape index (κ1) is 18.9. The Morgan fingerprint density at radius 3 is 2.93 bits per heavy atom. The van der Waals surface area contributed by atoms with Gasteiger partial charge >= 0.3 is 0 Å². The lowest BCUT2D eigenvalue weighted by molar-refractivity contribution is -0.0212. The fourth-order valence-electron chi connectivity index (χ4n) is 3.70. The molecule has 1 atom stereocenters. The Bertz CT molecular complexity index is 901. The molecule has 3 aromatic rings. The highest BCUT2D eigenvalue weighted by atomic mass is 16.5. The summed E-state index contributed by atoms with van der Waals surface area (Å²) in [5, 5.41) is 10.7. The zero-order chi connectivity index (χ0) is 19.3. The van der Waals surface area contributed by atoms with Gasteiger partial charge in [-0.25, -0.2) is 0 Å². The third kappa shape index (κ3) is 4.70. The van der Waals surface area contributed by atoms with Crippen molar-refractivity contribution >= 4 is 0 Å². The van der Waals surface area contributed by atoms with Gasteiger partial charge in [0.05, 0.1) is 18.9 Å². The Morgan fingerprint density at radius 1 is 1.21 bits per heavy atom. The molecule has 1 saturated heterocycles. The number of aryl methyl sites for hydroxylation is 1. The van der Waals surface area contributed by atoms with Crippen molar-refractivity contribution in [3.8, 4) is 11.5 Å². The molecule has 6 nitrogen and oxygen atoms in total. The van der Waals surface area contributed by atoms with Crippen molar-refractivity contribution < 1.29 is 9.15 Å². The molecule has 1 aliphatic rings. The lowest BCUT2D eigenvalue weighted by atomic mass is 10.1. The number of morpholine rings is 1. The standard InChI is InChI=1S/C22H28N4O2/c1-16-6-7-21(28-16)22-20(13-24-25-22)12-23-11-18-4-3-5-19(10-18)15-26-8-9-27-17(2)14-26/h3-7,10,13,17,23H,8-9,11-12,14-15H2,1-2H3,(H,24,25). The molecule has 0 spiro atoms. The SMILES string of the molecule is Cc1ccc(-c2[nH]ncc2CNCc2cccc(CN3CCOC(C)C3)c2)o1. The first-order valence-electron chi connectivity index (χ1n) is 9.89. The van der Waals surface area contributed by atoms with E-state index in [-0.39, 0.29) is 0 Å². The number of rotatable bonds is 7. The van der Waals surface area contributed by atoms with Crippen LogP contribution in [0.1, 0.15) is 29.4 Å². The van der Waals surface area contributed by atoms with Crippen LogP contribution in [0.25, 0.3) is 11.5 Å². The molecule has 1 aliphatic heterocycles. The van der Waals surface area contributed by atoms with Crippen molar-refractivity contribution in [2.24, 2.45) is 0 Å². The van der Waals surface area contributed by atoms with E-state index in [2.05, 4.69) is 51.6 Å². The lowest BCUT2D eigenvalue weighted by Crippen LogP contribution is -2.40. The minimum absolute atomic E-state index is 0.320. The lowest BCUT2D eigenvalue weighted by Gasteiger charge is -2.31. The molecule has 0 saturated carbocycles. The fourth-order valence-corrected chi connectivity index (χ4v) is 3.70. The normalized spacial score (nSPS) is 17.9. The highest BCUT2D eigenvalue weighted by Gasteiger charge is 2.16. The van der Waals surface area contributed by atoms with Crippen LogP contribution in [0, 0.1) is 6.92 Å². The second-order valence-electron chi connectivity index (χ2n) is 7.52. The summed E-state index contributed by atoms with van der Waals surface area (Å²) in [5.41, 5.74) is 4.68. The summed E-state index contributed by atoms with van der Waals surface area (Å²) in [4.78, 5) is 2.46. The topological polar surface area (TPSA) is 66.3 Å². The van der Waals surface area contributed by atoms with Crippen molar-refractivity contribution in [3.05, 3.63) is 65.0 Å². The van der Waals surface area contributed by atoms with Crippen LogP contribution in [-0.2, 0) is 24.4 Å². The van der Waals surface area contributed by atoms with Crippen molar-refractivity contribution in [2.75, 3.05) is 19.7 Å². The number of benzene rings is 1. The van der Waals surface area contributed by atoms with Crippen LogP contribution in [0.15, 0.2) is 47.0 Å². The number of hydrogen-bond donors (Lipinski definition) is 2. The maximum Gasteiger partial charge on any atom is 0.152 e. The van der Waals surface area contributed by atoms with E-state index in [0.29, 0.717) is 6.10 Å². The number of ether oxygens (including phenoxy) is 1. The molecule has 2 aromatic heterocycles. The number of aromatic nitrogens is 2. The third-order valence-electron chi connectivity index (χ3n) is 5.07. The highest BCUT2D eigenvalue weighted by Crippen LogP contribution is 2.23. The molecule has 1 unspecified atom stereocenters. The van der Waals surface area contributed by atoms with E-state index in [1.54, 1.807) is 0 Å². The van der Waals surface area contributed by atoms with Gasteiger partial charge in [0.1, 0.15) is 11.5 Å². The van der Waals surface area contributed by atoms with Crippen LogP contribution in [0.4, 0.5) is 0 Å². The minimum Gasteiger partial charge on any atom is -0.460 e. The fraction of sp³-hybridized carbons (Fsp3) is 0.409. The molecule has 1 aromatic carbocycles. The van der Waals surface area contributed by atoms with E-state index >= 15 is 0 Å². The Hall–Kier alpha value is -2.41. The monoisotopic (exact) mass is 380 g/mol. The second kappa shape index (κ2) is 8.73. The van der Waals surface area contributed by atoms with Gasteiger partial charge in [0.15, 0.2) is 5.76 Å². The van der Waals surface area contributed by atoms with Gasteiger partial charge < -0.3 is 14.5 Å². The van der Waals surface area contributed by atoms with Crippen LogP contribution in [0.5, 0.6) is 0 Å². The molecule has 4 rings (SSSR count). The van der Waals surface area contributed by atoms with Gasteiger partial charge in [-0.15, -0.1) is 0 Å². The van der Waals surface area contributed by atoms with Gasteiger partial charge in [-0.1, -0.05) is 24.3 Å². The number of nitrogens with zero attached hydrogens (tertiary/aromatic N) is 2. The zero-order valence-corrected chi connectivity index (χ0v) is 16.6. The van der Waals surface area contributed by atoms with Crippen LogP contribution < -0.4 is 5.32 Å². The first-order chi connectivity index (χ1) is 13.7. The van der Waals surface area contributed by atoms with Crippen LogP contribution >= 0.6 is 0 Å². The Morgan fingerprint density at radius 2 is 2.11 bits per heavy atom. The van der Waals surface area contributed by atoms with Crippen molar-refractivity contribution in [1.29, 1.82) is 0 Å². The second-order valence-corrected chi connectivity index (χ2v) is 7.52. The molecule has 1 fully saturated rings. The number of H-pyrrole nitrogens is 1. The van der Waals surface area contributed by atoms with E-state index in [0.717, 1.165) is 62.1 Å². The molecule has 0 bridgehead atoms. The van der Waals surface area contributed by atoms with Gasteiger partial charge in [0.25, 0.3) is 0 Å². The van der Waals surface area contributed by atoms with Gasteiger partial charge in [0, 0.05) is 38.3 Å². The average Bonchev–Trinajstić information content (AvgIpc) is 3.31. The molecule has 0 radical (unpaired) electrons. The third-order valence-corrected chi connectivity index (χ3v) is 5.07. The molecule has 28 heavy (non-hydrogen) atoms. The van der Waals surface area contributed by atoms with Crippen molar-refractivity contribution in [2.45, 2.75) is 39.6 Å². The minimum atomic E-state index is 0.320. The maximum absolute atomic E-state index is 5.72. The van der Waals surface area contributed by atoms with Gasteiger partial charge in [-0.2, -0.15) is 5.10 Å². The summed E-state index contributed by atoms with van der Waals surface area (Å²) in [6.07, 6.45) is 2.18. The quantitative estimate of drug-likeness (QED) is 0.657. The number of aromatic amines is 1. The van der Waals surface area contributed by atoms with E-state index < -0.39 is 0 Å². The zero-order valence-electron chi connectivity index (χ0n) is 16.6. The van der Waals surface area contributed by atoms with Gasteiger partial charge in [0.2, 0.25) is 0 Å². The molecule has 148 valence electrons. The Labute approximate surface area is 165 Å². The summed E-state index contributed by atoms with van der Waals surface area (Å²) < 4.78 is 11.4. The van der Waals surface area contributed by atoms with E-state index in [1.807, 2.05) is 25.3 Å². The van der Waals surface area contributed by atoms with Crippen LogP contribution in [-0.4, -0.2) is 40.9 Å². The molecule has 6 heteroatoms. The molecular formula is C22H28N4O2. The first-order valence-corrected chi connectivity index (χ1v) is 9.89. The summed E-state index contributed by atoms with van der Waals surface area (Å²) >= 11 is 0. The molecule has 0 aliphatic carbocycles. The van der Waals surface area contributed by atoms with E-state index in [1.165, 1.54) is 11.1 Å². The Balaban J connectivity index is 1.33. The largest absolute Gasteiger partial charge is 0.460 e. The Kier molecular flexibility index (Phi) is 5.90. The number of furan rings is 1. The van der Waals surface area contributed by atoms with Crippen LogP contribution in [0.3, 0.4) is 0 Å². The van der Waals surface area contributed by atoms with Crippen LogP contribution in [0.2, 0.25) is 0 Å². The summed E-state index contributed by atoms with van der Waals surface area (Å²) in [6.45, 7) is 9.44. The van der Waals surface area contributed by atoms with Gasteiger partial charge in [-0.3, -0.25) is 10.00 Å². The van der Waals surface area contributed by atoms with Crippen molar-refractivity contribution in [3.63, 3.8) is 0 Å². The predicted molar refractivity (Wildman–Crippen MR) is 109 cm³/mol. The average molecular weight is 380 g/mol. The smallest absolute Gasteiger partial charge is 0.152 e. The number of hydrogen-bond acceptors (Lipinski definition) is 5. The number of nitrogens with one attached hydrogen (secondary N) is 2. The maximum atomic E-state index is 5.72. The van der Waals surface area contributed by atoms with E-state index in [4.69, 9.17) is 9.15 Å². The molecule has 3 heterocycles. The molecule has 0 amide bonds. The van der Waals surface area contributed by atoms with Gasteiger partial charge in [-0.05, 0) is 37.1 Å². The molecule has 2 N–H and O–H groups in total. The molecular weight excluding hydrogens is 352 g/mol. The van der Waals surface area contributed by atoms with Crippen molar-refractivity contribution in [1.82, 2.24) is 20.4 Å². The summed E-state index contributed by atoms with van der Waals surface area (Å²) in [6, 6.07) is 12.8. The summed E-state index contributed by atoms with van der Waals surface area (Å²) in [7, 11) is 0. The van der Waals surface area contributed by atoms with E-state index in [9.17, 15) is 0 Å². The predicted octanol–water partition coefficient (Wildman–Crippen LogP) is 3.49.